The van der Waals surface area contributed by atoms with Crippen LogP contribution < -0.4 is 14.8 Å². The van der Waals surface area contributed by atoms with Crippen molar-refractivity contribution in [1.82, 2.24) is 0 Å². The molecule has 0 spiro atoms. The van der Waals surface area contributed by atoms with Crippen LogP contribution in [0.5, 0.6) is 11.5 Å². The van der Waals surface area contributed by atoms with E-state index in [9.17, 15) is 9.59 Å². The topological polar surface area (TPSA) is 84.9 Å². The van der Waals surface area contributed by atoms with E-state index in [0.717, 1.165) is 11.3 Å². The first-order valence-corrected chi connectivity index (χ1v) is 8.87. The number of anilines is 1. The molecule has 1 aliphatic rings. The maximum atomic E-state index is 12.0. The van der Waals surface area contributed by atoms with Crippen LogP contribution in [-0.4, -0.2) is 29.5 Å². The second-order valence-corrected chi connectivity index (χ2v) is 6.53. The zero-order chi connectivity index (χ0) is 17.6. The summed E-state index contributed by atoms with van der Waals surface area (Å²) in [7, 11) is 0. The number of carboxylic acids is 1. The predicted molar refractivity (Wildman–Crippen MR) is 95.4 cm³/mol. The Balaban J connectivity index is 1.40. The molecule has 130 valence electrons. The lowest BCUT2D eigenvalue weighted by atomic mass is 10.1. The quantitative estimate of drug-likeness (QED) is 0.737. The summed E-state index contributed by atoms with van der Waals surface area (Å²) in [6.07, 6.45) is 0.395. The van der Waals surface area contributed by atoms with Gasteiger partial charge in [0.2, 0.25) is 12.7 Å². The van der Waals surface area contributed by atoms with Crippen molar-refractivity contribution in [3.05, 3.63) is 53.6 Å². The second kappa shape index (κ2) is 7.94. The molecular formula is C18H17NO5S. The van der Waals surface area contributed by atoms with Gasteiger partial charge in [0.1, 0.15) is 0 Å². The number of amides is 1. The summed E-state index contributed by atoms with van der Waals surface area (Å²) >= 11 is 1.63. The molecule has 6 nitrogen and oxygen atoms in total. The van der Waals surface area contributed by atoms with Gasteiger partial charge in [-0.25, -0.2) is 4.79 Å². The number of carbonyl (C=O) groups excluding carboxylic acids is 1. The highest BCUT2D eigenvalue weighted by molar-refractivity contribution is 7.98. The smallest absolute Gasteiger partial charge is 0.335 e. The number of hydrogen-bond acceptors (Lipinski definition) is 5. The lowest BCUT2D eigenvalue weighted by Gasteiger charge is -2.06. The molecule has 0 atom stereocenters. The number of carboxylic acid groups (broad SMARTS) is 1. The van der Waals surface area contributed by atoms with E-state index in [1.165, 1.54) is 0 Å². The standard InChI is InChI=1S/C18H17NO5S/c20-17(19-14-5-6-15-16(9-14)24-11-23-15)7-8-25-10-12-1-3-13(4-2-12)18(21)22/h1-6,9H,7-8,10-11H2,(H,19,20)(H,21,22). The SMILES string of the molecule is O=C(CCSCc1ccc(C(=O)O)cc1)Nc1ccc2c(c1)OCO2. The van der Waals surface area contributed by atoms with Gasteiger partial charge in [-0.15, -0.1) is 0 Å². The monoisotopic (exact) mass is 359 g/mol. The summed E-state index contributed by atoms with van der Waals surface area (Å²) in [6, 6.07) is 12.1. The minimum absolute atomic E-state index is 0.0624. The van der Waals surface area contributed by atoms with Crippen molar-refractivity contribution in [3.63, 3.8) is 0 Å². The van der Waals surface area contributed by atoms with Gasteiger partial charge in [0.05, 0.1) is 5.56 Å². The zero-order valence-corrected chi connectivity index (χ0v) is 14.2. The minimum Gasteiger partial charge on any atom is -0.478 e. The van der Waals surface area contributed by atoms with Gasteiger partial charge in [-0.1, -0.05) is 12.1 Å². The van der Waals surface area contributed by atoms with Gasteiger partial charge in [-0.2, -0.15) is 11.8 Å². The number of benzene rings is 2. The summed E-state index contributed by atoms with van der Waals surface area (Å²) in [5.41, 5.74) is 1.99. The number of rotatable bonds is 7. The average Bonchev–Trinajstić information content (AvgIpc) is 3.07. The normalized spacial score (nSPS) is 12.0. The summed E-state index contributed by atoms with van der Waals surface area (Å²) in [5, 5.41) is 11.7. The van der Waals surface area contributed by atoms with E-state index in [4.69, 9.17) is 14.6 Å². The second-order valence-electron chi connectivity index (χ2n) is 5.42. The molecule has 0 radical (unpaired) electrons. The Bertz CT molecular complexity index is 776. The van der Waals surface area contributed by atoms with Gasteiger partial charge in [0.15, 0.2) is 11.5 Å². The van der Waals surface area contributed by atoms with Crippen molar-refractivity contribution in [2.45, 2.75) is 12.2 Å². The first-order chi connectivity index (χ1) is 12.1. The number of carbonyl (C=O) groups is 2. The van der Waals surface area contributed by atoms with Crippen LogP contribution in [0.25, 0.3) is 0 Å². The van der Waals surface area contributed by atoms with Crippen molar-refractivity contribution in [3.8, 4) is 11.5 Å². The number of thioether (sulfide) groups is 1. The molecule has 0 bridgehead atoms. The molecule has 0 saturated heterocycles. The molecule has 0 saturated carbocycles. The lowest BCUT2D eigenvalue weighted by Crippen LogP contribution is -2.12. The molecule has 7 heteroatoms. The molecule has 0 aromatic heterocycles. The van der Waals surface area contributed by atoms with Gasteiger partial charge in [0.25, 0.3) is 0 Å². The van der Waals surface area contributed by atoms with E-state index >= 15 is 0 Å². The third kappa shape index (κ3) is 4.67. The highest BCUT2D eigenvalue weighted by Gasteiger charge is 2.14. The van der Waals surface area contributed by atoms with Gasteiger partial charge in [-0.05, 0) is 29.8 Å². The molecule has 0 aliphatic carbocycles. The average molecular weight is 359 g/mol. The predicted octanol–water partition coefficient (Wildman–Crippen LogP) is 3.38. The maximum Gasteiger partial charge on any atom is 0.335 e. The number of aromatic carboxylic acids is 1. The summed E-state index contributed by atoms with van der Waals surface area (Å²) in [4.78, 5) is 22.8. The van der Waals surface area contributed by atoms with Gasteiger partial charge < -0.3 is 19.9 Å². The molecular weight excluding hydrogens is 342 g/mol. The first kappa shape index (κ1) is 17.2. The van der Waals surface area contributed by atoms with Crippen molar-refractivity contribution < 1.29 is 24.2 Å². The fourth-order valence-electron chi connectivity index (χ4n) is 2.30. The van der Waals surface area contributed by atoms with E-state index in [2.05, 4.69) is 5.32 Å². The van der Waals surface area contributed by atoms with Gasteiger partial charge in [0, 0.05) is 29.7 Å². The summed E-state index contributed by atoms with van der Waals surface area (Å²) in [5.74, 6) is 1.74. The van der Waals surface area contributed by atoms with Crippen LogP contribution in [0.2, 0.25) is 0 Å². The van der Waals surface area contributed by atoms with E-state index in [1.807, 2.05) is 0 Å². The fourth-order valence-corrected chi connectivity index (χ4v) is 3.20. The fraction of sp³-hybridized carbons (Fsp3) is 0.222. The molecule has 1 amide bonds. The zero-order valence-electron chi connectivity index (χ0n) is 13.4. The number of nitrogens with one attached hydrogen (secondary N) is 1. The minimum atomic E-state index is -0.931. The lowest BCUT2D eigenvalue weighted by molar-refractivity contribution is -0.115. The maximum absolute atomic E-state index is 12.0. The summed E-state index contributed by atoms with van der Waals surface area (Å²) < 4.78 is 10.5. The third-order valence-electron chi connectivity index (χ3n) is 3.60. The molecule has 0 unspecified atom stereocenters. The molecule has 1 aliphatic heterocycles. The number of ether oxygens (including phenoxy) is 2. The Hall–Kier alpha value is -2.67. The van der Waals surface area contributed by atoms with Crippen molar-refractivity contribution >= 4 is 29.3 Å². The Morgan fingerprint density at radius 3 is 2.60 bits per heavy atom. The highest BCUT2D eigenvalue weighted by Crippen LogP contribution is 2.34. The molecule has 1 heterocycles. The Kier molecular flexibility index (Phi) is 5.45. The Labute approximate surface area is 149 Å². The first-order valence-electron chi connectivity index (χ1n) is 7.71. The van der Waals surface area contributed by atoms with Gasteiger partial charge in [-0.3, -0.25) is 4.79 Å². The van der Waals surface area contributed by atoms with E-state index in [-0.39, 0.29) is 18.3 Å². The molecule has 2 N–H and O–H groups in total. The van der Waals surface area contributed by atoms with E-state index in [0.29, 0.717) is 29.4 Å². The van der Waals surface area contributed by atoms with Crippen LogP contribution in [0.1, 0.15) is 22.3 Å². The van der Waals surface area contributed by atoms with Crippen LogP contribution in [0.15, 0.2) is 42.5 Å². The van der Waals surface area contributed by atoms with Crippen LogP contribution in [0.4, 0.5) is 5.69 Å². The van der Waals surface area contributed by atoms with Crippen molar-refractivity contribution in [1.29, 1.82) is 0 Å². The van der Waals surface area contributed by atoms with E-state index in [1.54, 1.807) is 54.2 Å². The molecule has 3 rings (SSSR count). The van der Waals surface area contributed by atoms with E-state index < -0.39 is 5.97 Å². The molecule has 2 aromatic carbocycles. The van der Waals surface area contributed by atoms with Crippen LogP contribution in [0, 0.1) is 0 Å². The van der Waals surface area contributed by atoms with Crippen LogP contribution in [0.3, 0.4) is 0 Å². The molecule has 2 aromatic rings. The highest BCUT2D eigenvalue weighted by atomic mass is 32.2. The van der Waals surface area contributed by atoms with Crippen LogP contribution >= 0.6 is 11.8 Å². The number of fused-ring (bicyclic) bond motifs is 1. The largest absolute Gasteiger partial charge is 0.478 e. The third-order valence-corrected chi connectivity index (χ3v) is 4.63. The Morgan fingerprint density at radius 1 is 1.08 bits per heavy atom. The molecule has 25 heavy (non-hydrogen) atoms. The van der Waals surface area contributed by atoms with Gasteiger partial charge >= 0.3 is 5.97 Å². The van der Waals surface area contributed by atoms with Crippen LogP contribution in [-0.2, 0) is 10.5 Å². The molecule has 0 fully saturated rings. The summed E-state index contributed by atoms with van der Waals surface area (Å²) in [6.45, 7) is 0.205. The van der Waals surface area contributed by atoms with Crippen molar-refractivity contribution in [2.24, 2.45) is 0 Å². The Morgan fingerprint density at radius 2 is 1.84 bits per heavy atom. The van der Waals surface area contributed by atoms with Crippen molar-refractivity contribution in [2.75, 3.05) is 17.9 Å². The number of hydrogen-bond donors (Lipinski definition) is 2.